The van der Waals surface area contributed by atoms with Gasteiger partial charge < -0.3 is 5.32 Å². The lowest BCUT2D eigenvalue weighted by Crippen LogP contribution is -1.93. The summed E-state index contributed by atoms with van der Waals surface area (Å²) in [6.07, 6.45) is 0. The lowest BCUT2D eigenvalue weighted by Gasteiger charge is -2.11. The number of fused-ring (bicyclic) bond motifs is 1. The molecule has 3 aromatic rings. The molecule has 0 atom stereocenters. The van der Waals surface area contributed by atoms with Gasteiger partial charge in [-0.05, 0) is 46.3 Å². The molecule has 1 N–H and O–H groups in total. The molecule has 3 aromatic carbocycles. The summed E-state index contributed by atoms with van der Waals surface area (Å²) in [5.74, 6) is -0.321. The van der Waals surface area contributed by atoms with Gasteiger partial charge in [-0.1, -0.05) is 24.3 Å². The fourth-order valence-electron chi connectivity index (χ4n) is 2.23. The van der Waals surface area contributed by atoms with Crippen LogP contribution in [0.4, 0.5) is 15.8 Å². The van der Waals surface area contributed by atoms with Crippen LogP contribution < -0.4 is 5.32 Å². The highest BCUT2D eigenvalue weighted by Gasteiger charge is 2.07. The van der Waals surface area contributed by atoms with Gasteiger partial charge >= 0.3 is 0 Å². The number of halogens is 2. The predicted octanol–water partition coefficient (Wildman–Crippen LogP) is 5.36. The van der Waals surface area contributed by atoms with Gasteiger partial charge in [-0.2, -0.15) is 5.26 Å². The van der Waals surface area contributed by atoms with Crippen LogP contribution in [0.15, 0.2) is 59.1 Å². The fraction of sp³-hybridized carbons (Fsp3) is 0. The Morgan fingerprint density at radius 1 is 1.00 bits per heavy atom. The number of nitrogens with one attached hydrogen (secondary N) is 1. The lowest BCUT2D eigenvalue weighted by molar-refractivity contribution is 0.622. The molecule has 0 saturated carbocycles. The van der Waals surface area contributed by atoms with Crippen LogP contribution in [-0.2, 0) is 0 Å². The molecule has 4 heteroatoms. The number of nitriles is 1. The van der Waals surface area contributed by atoms with Gasteiger partial charge in [0, 0.05) is 22.1 Å². The van der Waals surface area contributed by atoms with Crippen LogP contribution in [0.3, 0.4) is 0 Å². The fourth-order valence-corrected chi connectivity index (χ4v) is 2.48. The molecule has 0 unspecified atom stereocenters. The molecule has 0 aliphatic carbocycles. The lowest BCUT2D eigenvalue weighted by atomic mass is 10.0. The average molecular weight is 341 g/mol. The van der Waals surface area contributed by atoms with E-state index in [1.54, 1.807) is 18.2 Å². The third-order valence-electron chi connectivity index (χ3n) is 3.24. The number of hydrogen-bond acceptors (Lipinski definition) is 2. The molecule has 2 nitrogen and oxygen atoms in total. The summed E-state index contributed by atoms with van der Waals surface area (Å²) in [5, 5.41) is 14.2. The summed E-state index contributed by atoms with van der Waals surface area (Å²) in [4.78, 5) is 0. The average Bonchev–Trinajstić information content (AvgIpc) is 2.51. The van der Waals surface area contributed by atoms with Gasteiger partial charge in [0.2, 0.25) is 0 Å². The Morgan fingerprint density at radius 3 is 2.48 bits per heavy atom. The minimum Gasteiger partial charge on any atom is -0.355 e. The zero-order chi connectivity index (χ0) is 14.8. The summed E-state index contributed by atoms with van der Waals surface area (Å²) < 4.78 is 14.0. The maximum absolute atomic E-state index is 13.6. The topological polar surface area (TPSA) is 35.8 Å². The van der Waals surface area contributed by atoms with Crippen molar-refractivity contribution in [2.24, 2.45) is 0 Å². The van der Waals surface area contributed by atoms with Gasteiger partial charge in [-0.15, -0.1) is 0 Å². The second-order valence-corrected chi connectivity index (χ2v) is 5.43. The Bertz CT molecular complexity index is 868. The first-order valence-corrected chi connectivity index (χ1v) is 7.12. The van der Waals surface area contributed by atoms with Crippen LogP contribution in [0.2, 0.25) is 0 Å². The highest BCUT2D eigenvalue weighted by Crippen LogP contribution is 2.29. The summed E-state index contributed by atoms with van der Waals surface area (Å²) >= 11 is 3.13. The van der Waals surface area contributed by atoms with Crippen LogP contribution >= 0.6 is 15.9 Å². The van der Waals surface area contributed by atoms with Crippen molar-refractivity contribution in [3.8, 4) is 6.07 Å². The van der Waals surface area contributed by atoms with Gasteiger partial charge in [-0.25, -0.2) is 4.39 Å². The molecule has 0 saturated heterocycles. The first-order chi connectivity index (χ1) is 10.2. The number of anilines is 2. The molecular weight excluding hydrogens is 331 g/mol. The summed E-state index contributed by atoms with van der Waals surface area (Å²) in [6.45, 7) is 0. The maximum atomic E-state index is 13.6. The SMILES string of the molecule is N#Cc1ccc(Nc2ccc(Br)c(F)c2)c2ccccc12. The number of nitrogens with zero attached hydrogens (tertiary/aromatic N) is 1. The number of benzene rings is 3. The van der Waals surface area contributed by atoms with E-state index in [2.05, 4.69) is 27.3 Å². The van der Waals surface area contributed by atoms with Gasteiger partial charge in [-0.3, -0.25) is 0 Å². The molecule has 0 aliphatic rings. The van der Waals surface area contributed by atoms with E-state index < -0.39 is 0 Å². The molecule has 102 valence electrons. The van der Waals surface area contributed by atoms with Crippen molar-refractivity contribution in [2.75, 3.05) is 5.32 Å². The molecule has 0 aliphatic heterocycles. The summed E-state index contributed by atoms with van der Waals surface area (Å²) in [6, 6.07) is 18.3. The van der Waals surface area contributed by atoms with E-state index in [0.717, 1.165) is 16.5 Å². The van der Waals surface area contributed by atoms with E-state index >= 15 is 0 Å². The molecule has 3 rings (SSSR count). The third kappa shape index (κ3) is 2.61. The second-order valence-electron chi connectivity index (χ2n) is 4.57. The molecule has 0 amide bonds. The Labute approximate surface area is 130 Å². The van der Waals surface area contributed by atoms with Crippen molar-refractivity contribution in [1.29, 1.82) is 5.26 Å². The zero-order valence-corrected chi connectivity index (χ0v) is 12.5. The molecule has 21 heavy (non-hydrogen) atoms. The van der Waals surface area contributed by atoms with E-state index in [-0.39, 0.29) is 5.82 Å². The minimum atomic E-state index is -0.321. The van der Waals surface area contributed by atoms with Gasteiger partial charge in [0.1, 0.15) is 5.82 Å². The quantitative estimate of drug-likeness (QED) is 0.681. The van der Waals surface area contributed by atoms with Crippen molar-refractivity contribution >= 4 is 38.1 Å². The Balaban J connectivity index is 2.09. The molecule has 0 radical (unpaired) electrons. The van der Waals surface area contributed by atoms with E-state index in [1.165, 1.54) is 6.07 Å². The predicted molar refractivity (Wildman–Crippen MR) is 86.0 cm³/mol. The second kappa shape index (κ2) is 5.55. The highest BCUT2D eigenvalue weighted by molar-refractivity contribution is 9.10. The Morgan fingerprint density at radius 2 is 1.76 bits per heavy atom. The standard InChI is InChI=1S/C17H10BrFN2/c18-15-7-6-12(9-16(15)19)21-17-8-5-11(10-20)13-3-1-2-4-14(13)17/h1-9,21H. The van der Waals surface area contributed by atoms with Gasteiger partial charge in [0.05, 0.1) is 16.1 Å². The van der Waals surface area contributed by atoms with Crippen molar-refractivity contribution in [3.63, 3.8) is 0 Å². The molecule has 0 heterocycles. The molecule has 0 fully saturated rings. The Kier molecular flexibility index (Phi) is 3.59. The van der Waals surface area contributed by atoms with Crippen molar-refractivity contribution in [2.45, 2.75) is 0 Å². The van der Waals surface area contributed by atoms with Gasteiger partial charge in [0.15, 0.2) is 0 Å². The zero-order valence-electron chi connectivity index (χ0n) is 10.9. The number of hydrogen-bond donors (Lipinski definition) is 1. The maximum Gasteiger partial charge on any atom is 0.139 e. The van der Waals surface area contributed by atoms with E-state index in [4.69, 9.17) is 5.26 Å². The van der Waals surface area contributed by atoms with Crippen LogP contribution in [0, 0.1) is 17.1 Å². The molecular formula is C17H10BrFN2. The van der Waals surface area contributed by atoms with Crippen molar-refractivity contribution < 1.29 is 4.39 Å². The van der Waals surface area contributed by atoms with Crippen LogP contribution in [0.5, 0.6) is 0 Å². The Hall–Kier alpha value is -2.38. The monoisotopic (exact) mass is 340 g/mol. The van der Waals surface area contributed by atoms with Crippen LogP contribution in [-0.4, -0.2) is 0 Å². The first kappa shape index (κ1) is 13.6. The highest BCUT2D eigenvalue weighted by atomic mass is 79.9. The molecule has 0 spiro atoms. The third-order valence-corrected chi connectivity index (χ3v) is 3.89. The van der Waals surface area contributed by atoms with E-state index in [0.29, 0.717) is 15.7 Å². The van der Waals surface area contributed by atoms with Gasteiger partial charge in [0.25, 0.3) is 0 Å². The van der Waals surface area contributed by atoms with Crippen LogP contribution in [0.25, 0.3) is 10.8 Å². The van der Waals surface area contributed by atoms with Crippen molar-refractivity contribution in [3.05, 3.63) is 70.5 Å². The normalized spacial score (nSPS) is 10.3. The van der Waals surface area contributed by atoms with E-state index in [1.807, 2.05) is 30.3 Å². The van der Waals surface area contributed by atoms with E-state index in [9.17, 15) is 4.39 Å². The minimum absolute atomic E-state index is 0.321. The summed E-state index contributed by atoms with van der Waals surface area (Å²) in [7, 11) is 0. The number of rotatable bonds is 2. The van der Waals surface area contributed by atoms with Crippen molar-refractivity contribution in [1.82, 2.24) is 0 Å². The smallest absolute Gasteiger partial charge is 0.139 e. The molecule has 0 aromatic heterocycles. The summed E-state index contributed by atoms with van der Waals surface area (Å²) in [5.41, 5.74) is 2.12. The van der Waals surface area contributed by atoms with Crippen LogP contribution in [0.1, 0.15) is 5.56 Å². The first-order valence-electron chi connectivity index (χ1n) is 6.33. The largest absolute Gasteiger partial charge is 0.355 e. The molecule has 0 bridgehead atoms.